The first kappa shape index (κ1) is 14.2. The fourth-order valence-electron chi connectivity index (χ4n) is 1.86. The van der Waals surface area contributed by atoms with Gasteiger partial charge < -0.3 is 15.2 Å². The molecule has 0 saturated heterocycles. The second-order valence-corrected chi connectivity index (χ2v) is 4.27. The van der Waals surface area contributed by atoms with E-state index in [4.69, 9.17) is 15.2 Å². The first-order valence-electron chi connectivity index (χ1n) is 6.35. The van der Waals surface area contributed by atoms with E-state index in [2.05, 4.69) is 15.0 Å². The van der Waals surface area contributed by atoms with Gasteiger partial charge in [0, 0.05) is 11.9 Å². The molecule has 0 aliphatic carbocycles. The molecule has 1 atom stereocenters. The molecule has 0 saturated carbocycles. The maximum atomic E-state index is 6.16. The van der Waals surface area contributed by atoms with Crippen LogP contribution in [0.3, 0.4) is 0 Å². The molecule has 2 heterocycles. The monoisotopic (exact) mass is 274 g/mol. The van der Waals surface area contributed by atoms with E-state index < -0.39 is 0 Å². The number of ether oxygens (including phenoxy) is 2. The van der Waals surface area contributed by atoms with E-state index in [0.29, 0.717) is 23.9 Å². The van der Waals surface area contributed by atoms with E-state index in [0.717, 1.165) is 12.1 Å². The van der Waals surface area contributed by atoms with Crippen molar-refractivity contribution < 1.29 is 9.47 Å². The fraction of sp³-hybridized carbons (Fsp3) is 0.357. The Morgan fingerprint density at radius 1 is 1.20 bits per heavy atom. The molecule has 0 fully saturated rings. The molecule has 106 valence electrons. The van der Waals surface area contributed by atoms with Crippen LogP contribution in [0.5, 0.6) is 11.8 Å². The average molecular weight is 274 g/mol. The van der Waals surface area contributed by atoms with E-state index in [1.165, 1.54) is 7.11 Å². The van der Waals surface area contributed by atoms with Gasteiger partial charge in [0.25, 0.3) is 0 Å². The molecule has 0 spiro atoms. The normalized spacial score (nSPS) is 11.9. The second-order valence-electron chi connectivity index (χ2n) is 4.27. The molecule has 6 heteroatoms. The predicted molar refractivity (Wildman–Crippen MR) is 74.6 cm³/mol. The van der Waals surface area contributed by atoms with Crippen LogP contribution >= 0.6 is 0 Å². The summed E-state index contributed by atoms with van der Waals surface area (Å²) in [6.07, 6.45) is 4.81. The minimum Gasteiger partial charge on any atom is -0.480 e. The summed E-state index contributed by atoms with van der Waals surface area (Å²) in [5.41, 5.74) is 7.79. The summed E-state index contributed by atoms with van der Waals surface area (Å²) < 4.78 is 10.2. The summed E-state index contributed by atoms with van der Waals surface area (Å²) in [6, 6.07) is 5.57. The van der Waals surface area contributed by atoms with Gasteiger partial charge in [0.1, 0.15) is 5.69 Å². The van der Waals surface area contributed by atoms with Gasteiger partial charge in [-0.15, -0.1) is 0 Å². The van der Waals surface area contributed by atoms with Crippen LogP contribution in [-0.2, 0) is 6.42 Å². The Balaban J connectivity index is 2.07. The summed E-state index contributed by atoms with van der Waals surface area (Å²) in [6.45, 7) is 0. The highest BCUT2D eigenvalue weighted by Crippen LogP contribution is 2.24. The molecular formula is C14H18N4O2. The van der Waals surface area contributed by atoms with Gasteiger partial charge >= 0.3 is 0 Å². The summed E-state index contributed by atoms with van der Waals surface area (Å²) in [7, 11) is 3.07. The standard InChI is InChI=1S/C14H18N4O2/c1-19-12-9-17-13(14(18-12)20-2)11(15)7-6-10-5-3-4-8-16-10/h3-5,8-9,11H,6-7,15H2,1-2H3. The molecule has 20 heavy (non-hydrogen) atoms. The fourth-order valence-corrected chi connectivity index (χ4v) is 1.86. The van der Waals surface area contributed by atoms with E-state index in [1.807, 2.05) is 18.2 Å². The summed E-state index contributed by atoms with van der Waals surface area (Å²) in [5, 5.41) is 0. The highest BCUT2D eigenvalue weighted by Gasteiger charge is 2.16. The largest absolute Gasteiger partial charge is 0.480 e. The molecule has 0 bridgehead atoms. The smallest absolute Gasteiger partial charge is 0.240 e. The lowest BCUT2D eigenvalue weighted by Gasteiger charge is -2.14. The molecule has 2 aromatic heterocycles. The zero-order valence-electron chi connectivity index (χ0n) is 11.6. The van der Waals surface area contributed by atoms with Crippen LogP contribution in [0, 0.1) is 0 Å². The van der Waals surface area contributed by atoms with Crippen LogP contribution in [0.25, 0.3) is 0 Å². The highest BCUT2D eigenvalue weighted by atomic mass is 16.5. The number of aryl methyl sites for hydroxylation is 1. The topological polar surface area (TPSA) is 83.2 Å². The van der Waals surface area contributed by atoms with Crippen molar-refractivity contribution in [2.24, 2.45) is 5.73 Å². The molecule has 2 N–H and O–H groups in total. The predicted octanol–water partition coefficient (Wildman–Crippen LogP) is 1.52. The number of nitrogens with zero attached hydrogens (tertiary/aromatic N) is 3. The second kappa shape index (κ2) is 6.81. The van der Waals surface area contributed by atoms with Gasteiger partial charge in [-0.25, -0.2) is 4.98 Å². The molecule has 0 aromatic carbocycles. The average Bonchev–Trinajstić information content (AvgIpc) is 2.52. The minimum atomic E-state index is -0.259. The highest BCUT2D eigenvalue weighted by molar-refractivity contribution is 5.25. The first-order chi connectivity index (χ1) is 9.74. The van der Waals surface area contributed by atoms with Crippen LogP contribution in [0.2, 0.25) is 0 Å². The summed E-state index contributed by atoms with van der Waals surface area (Å²) in [5.74, 6) is 0.806. The first-order valence-corrected chi connectivity index (χ1v) is 6.35. The van der Waals surface area contributed by atoms with Crippen molar-refractivity contribution in [2.75, 3.05) is 14.2 Å². The van der Waals surface area contributed by atoms with E-state index in [1.54, 1.807) is 19.5 Å². The Bertz CT molecular complexity index is 548. The molecular weight excluding hydrogens is 256 g/mol. The van der Waals surface area contributed by atoms with Gasteiger partial charge in [0.2, 0.25) is 11.8 Å². The molecule has 0 aliphatic rings. The number of hydrogen-bond donors (Lipinski definition) is 1. The van der Waals surface area contributed by atoms with Crippen molar-refractivity contribution in [3.63, 3.8) is 0 Å². The zero-order valence-corrected chi connectivity index (χ0v) is 11.6. The van der Waals surface area contributed by atoms with Crippen LogP contribution in [-0.4, -0.2) is 29.2 Å². The van der Waals surface area contributed by atoms with E-state index in [-0.39, 0.29) is 6.04 Å². The molecule has 2 rings (SSSR count). The van der Waals surface area contributed by atoms with Gasteiger partial charge in [0.05, 0.1) is 26.5 Å². The van der Waals surface area contributed by atoms with Crippen LogP contribution < -0.4 is 15.2 Å². The Hall–Kier alpha value is -2.21. The quantitative estimate of drug-likeness (QED) is 0.860. The van der Waals surface area contributed by atoms with Gasteiger partial charge in [-0.2, -0.15) is 4.98 Å². The molecule has 0 amide bonds. The third-order valence-corrected chi connectivity index (χ3v) is 2.94. The third kappa shape index (κ3) is 3.42. The number of nitrogens with two attached hydrogens (primary N) is 1. The summed E-state index contributed by atoms with van der Waals surface area (Å²) >= 11 is 0. The van der Waals surface area contributed by atoms with Crippen molar-refractivity contribution in [3.8, 4) is 11.8 Å². The molecule has 2 aromatic rings. The Labute approximate surface area is 118 Å². The molecule has 6 nitrogen and oxygen atoms in total. The number of aromatic nitrogens is 3. The lowest BCUT2D eigenvalue weighted by Crippen LogP contribution is -2.15. The summed E-state index contributed by atoms with van der Waals surface area (Å²) in [4.78, 5) is 12.7. The zero-order chi connectivity index (χ0) is 14.4. The van der Waals surface area contributed by atoms with Gasteiger partial charge in [-0.05, 0) is 25.0 Å². The van der Waals surface area contributed by atoms with Crippen molar-refractivity contribution in [1.29, 1.82) is 0 Å². The van der Waals surface area contributed by atoms with Crippen LogP contribution in [0.15, 0.2) is 30.6 Å². The maximum absolute atomic E-state index is 6.16. The Morgan fingerprint density at radius 2 is 2.05 bits per heavy atom. The third-order valence-electron chi connectivity index (χ3n) is 2.94. The van der Waals surface area contributed by atoms with Crippen LogP contribution in [0.1, 0.15) is 23.9 Å². The molecule has 0 radical (unpaired) electrons. The minimum absolute atomic E-state index is 0.259. The molecule has 1 unspecified atom stereocenters. The van der Waals surface area contributed by atoms with Gasteiger partial charge in [-0.3, -0.25) is 4.98 Å². The lowest BCUT2D eigenvalue weighted by atomic mass is 10.1. The van der Waals surface area contributed by atoms with Crippen molar-refractivity contribution >= 4 is 0 Å². The Kier molecular flexibility index (Phi) is 4.84. The number of pyridine rings is 1. The maximum Gasteiger partial charge on any atom is 0.240 e. The van der Waals surface area contributed by atoms with Crippen molar-refractivity contribution in [3.05, 3.63) is 42.0 Å². The Morgan fingerprint density at radius 3 is 2.70 bits per heavy atom. The van der Waals surface area contributed by atoms with Crippen molar-refractivity contribution in [2.45, 2.75) is 18.9 Å². The van der Waals surface area contributed by atoms with E-state index in [9.17, 15) is 0 Å². The van der Waals surface area contributed by atoms with Gasteiger partial charge in [0.15, 0.2) is 0 Å². The van der Waals surface area contributed by atoms with Crippen LogP contribution in [0.4, 0.5) is 0 Å². The van der Waals surface area contributed by atoms with Crippen molar-refractivity contribution in [1.82, 2.24) is 15.0 Å². The SMILES string of the molecule is COc1cnc(C(N)CCc2ccccn2)c(OC)n1. The number of methoxy groups -OCH3 is 2. The molecule has 0 aliphatic heterocycles. The number of hydrogen-bond acceptors (Lipinski definition) is 6. The lowest BCUT2D eigenvalue weighted by molar-refractivity contribution is 0.352. The van der Waals surface area contributed by atoms with Gasteiger partial charge in [-0.1, -0.05) is 6.07 Å². The van der Waals surface area contributed by atoms with E-state index >= 15 is 0 Å². The number of rotatable bonds is 6.